The van der Waals surface area contributed by atoms with Gasteiger partial charge in [-0.3, -0.25) is 10.1 Å². The minimum absolute atomic E-state index is 0.0103. The summed E-state index contributed by atoms with van der Waals surface area (Å²) in [5.74, 6) is -0.425. The summed E-state index contributed by atoms with van der Waals surface area (Å²) in [5.41, 5.74) is 3.16. The van der Waals surface area contributed by atoms with E-state index in [-0.39, 0.29) is 6.42 Å². The molecular weight excluding hydrogens is 440 g/mol. The molecule has 2 aromatic heterocycles. The second-order valence-electron chi connectivity index (χ2n) is 7.41. The quantitative estimate of drug-likeness (QED) is 0.394. The molecule has 168 valence electrons. The van der Waals surface area contributed by atoms with Gasteiger partial charge in [0, 0.05) is 22.4 Å². The third-order valence-corrected chi connectivity index (χ3v) is 6.16. The van der Waals surface area contributed by atoms with E-state index in [0.717, 1.165) is 26.4 Å². The topological polar surface area (TPSA) is 106 Å². The Balaban J connectivity index is 1.48. The number of carboxylic acids is 1. The number of hydrogen-bond donors (Lipinski definition) is 2. The number of ether oxygens (including phenoxy) is 1. The maximum absolute atomic E-state index is 12.5. The lowest BCUT2D eigenvalue weighted by molar-refractivity contribution is -0.136. The SMILES string of the molecule is C[C@@H](OC(=O)Nc1c(-c2ccc(-c3ccc(CC(=O)O)s3)cc2)nnn1C)c1ccccc1. The van der Waals surface area contributed by atoms with Crippen molar-refractivity contribution in [2.75, 3.05) is 5.32 Å². The zero-order valence-electron chi connectivity index (χ0n) is 18.1. The normalized spacial score (nSPS) is 11.7. The molecule has 2 aromatic carbocycles. The Morgan fingerprint density at radius 1 is 1.06 bits per heavy atom. The average molecular weight is 463 g/mol. The van der Waals surface area contributed by atoms with Gasteiger partial charge in [0.25, 0.3) is 0 Å². The number of carbonyl (C=O) groups is 2. The van der Waals surface area contributed by atoms with E-state index in [1.807, 2.05) is 73.7 Å². The molecule has 2 heterocycles. The van der Waals surface area contributed by atoms with Crippen molar-refractivity contribution in [3.05, 3.63) is 77.2 Å². The van der Waals surface area contributed by atoms with Crippen LogP contribution < -0.4 is 5.32 Å². The van der Waals surface area contributed by atoms with Crippen molar-refractivity contribution in [2.24, 2.45) is 7.05 Å². The lowest BCUT2D eigenvalue weighted by Gasteiger charge is -2.14. The van der Waals surface area contributed by atoms with Gasteiger partial charge in [-0.1, -0.05) is 59.8 Å². The molecular formula is C24H22N4O4S. The molecule has 0 bridgehead atoms. The summed E-state index contributed by atoms with van der Waals surface area (Å²) >= 11 is 1.45. The first-order valence-corrected chi connectivity index (χ1v) is 11.1. The summed E-state index contributed by atoms with van der Waals surface area (Å²) < 4.78 is 6.98. The van der Waals surface area contributed by atoms with E-state index in [9.17, 15) is 9.59 Å². The van der Waals surface area contributed by atoms with Crippen LogP contribution in [-0.2, 0) is 23.0 Å². The van der Waals surface area contributed by atoms with Crippen LogP contribution in [0.3, 0.4) is 0 Å². The number of carboxylic acid groups (broad SMARTS) is 1. The monoisotopic (exact) mass is 462 g/mol. The van der Waals surface area contributed by atoms with E-state index < -0.39 is 18.2 Å². The largest absolute Gasteiger partial charge is 0.481 e. The first-order chi connectivity index (χ1) is 15.9. The molecule has 2 N–H and O–H groups in total. The van der Waals surface area contributed by atoms with Gasteiger partial charge in [0.15, 0.2) is 5.82 Å². The Kier molecular flexibility index (Phi) is 6.50. The third kappa shape index (κ3) is 5.27. The van der Waals surface area contributed by atoms with Crippen LogP contribution in [0.1, 0.15) is 23.5 Å². The third-order valence-electron chi connectivity index (χ3n) is 5.03. The van der Waals surface area contributed by atoms with Crippen LogP contribution in [0.15, 0.2) is 66.7 Å². The van der Waals surface area contributed by atoms with Gasteiger partial charge in [0.05, 0.1) is 6.42 Å². The Labute approximate surface area is 194 Å². The van der Waals surface area contributed by atoms with Crippen molar-refractivity contribution in [3.8, 4) is 21.7 Å². The molecule has 0 spiro atoms. The lowest BCUT2D eigenvalue weighted by atomic mass is 10.1. The molecule has 4 rings (SSSR count). The highest BCUT2D eigenvalue weighted by Gasteiger charge is 2.18. The number of aryl methyl sites for hydroxylation is 1. The van der Waals surface area contributed by atoms with Crippen LogP contribution in [0, 0.1) is 0 Å². The maximum Gasteiger partial charge on any atom is 0.413 e. The van der Waals surface area contributed by atoms with E-state index in [1.54, 1.807) is 7.05 Å². The zero-order valence-corrected chi connectivity index (χ0v) is 18.9. The molecule has 0 unspecified atom stereocenters. The van der Waals surface area contributed by atoms with Crippen molar-refractivity contribution in [3.63, 3.8) is 0 Å². The predicted molar refractivity (Wildman–Crippen MR) is 126 cm³/mol. The number of nitrogens with zero attached hydrogens (tertiary/aromatic N) is 3. The Bertz CT molecular complexity index is 1270. The number of thiophene rings is 1. The van der Waals surface area contributed by atoms with Gasteiger partial charge >= 0.3 is 12.1 Å². The molecule has 0 aliphatic heterocycles. The van der Waals surface area contributed by atoms with Crippen LogP contribution in [0.5, 0.6) is 0 Å². The molecule has 0 aliphatic carbocycles. The van der Waals surface area contributed by atoms with E-state index in [2.05, 4.69) is 15.6 Å². The molecule has 0 fully saturated rings. The minimum atomic E-state index is -0.849. The summed E-state index contributed by atoms with van der Waals surface area (Å²) in [6.45, 7) is 1.81. The zero-order chi connectivity index (χ0) is 23.4. The molecule has 0 radical (unpaired) electrons. The van der Waals surface area contributed by atoms with Crippen molar-refractivity contribution >= 4 is 29.2 Å². The number of rotatable bonds is 7. The first-order valence-electron chi connectivity index (χ1n) is 10.2. The summed E-state index contributed by atoms with van der Waals surface area (Å²) in [6, 6.07) is 20.9. The molecule has 8 nitrogen and oxygen atoms in total. The van der Waals surface area contributed by atoms with Gasteiger partial charge in [-0.25, -0.2) is 9.48 Å². The summed E-state index contributed by atoms with van der Waals surface area (Å²) in [6.07, 6.45) is -0.998. The molecule has 0 aliphatic rings. The first kappa shape index (κ1) is 22.2. The van der Waals surface area contributed by atoms with Crippen LogP contribution in [0.2, 0.25) is 0 Å². The van der Waals surface area contributed by atoms with E-state index in [0.29, 0.717) is 11.5 Å². The fourth-order valence-electron chi connectivity index (χ4n) is 3.34. The molecule has 4 aromatic rings. The number of hydrogen-bond acceptors (Lipinski definition) is 6. The molecule has 0 saturated carbocycles. The van der Waals surface area contributed by atoms with E-state index in [1.165, 1.54) is 16.0 Å². The summed E-state index contributed by atoms with van der Waals surface area (Å²) in [7, 11) is 1.69. The van der Waals surface area contributed by atoms with Crippen molar-refractivity contribution < 1.29 is 19.4 Å². The average Bonchev–Trinajstić information content (AvgIpc) is 3.41. The van der Waals surface area contributed by atoms with Crippen LogP contribution in [0.4, 0.5) is 10.6 Å². The maximum atomic E-state index is 12.5. The number of nitrogens with one attached hydrogen (secondary N) is 1. The van der Waals surface area contributed by atoms with Crippen molar-refractivity contribution in [2.45, 2.75) is 19.4 Å². The number of aromatic nitrogens is 3. The fourth-order valence-corrected chi connectivity index (χ4v) is 4.34. The number of carbonyl (C=O) groups excluding carboxylic acids is 1. The second kappa shape index (κ2) is 9.66. The Morgan fingerprint density at radius 2 is 1.76 bits per heavy atom. The minimum Gasteiger partial charge on any atom is -0.481 e. The lowest BCUT2D eigenvalue weighted by Crippen LogP contribution is -2.18. The fraction of sp³-hybridized carbons (Fsp3) is 0.167. The van der Waals surface area contributed by atoms with Crippen molar-refractivity contribution in [1.29, 1.82) is 0 Å². The van der Waals surface area contributed by atoms with Gasteiger partial charge in [-0.05, 0) is 30.2 Å². The number of anilines is 1. The predicted octanol–water partition coefficient (Wildman–Crippen LogP) is 5.15. The Morgan fingerprint density at radius 3 is 2.45 bits per heavy atom. The molecule has 0 saturated heterocycles. The number of benzene rings is 2. The number of amides is 1. The van der Waals surface area contributed by atoms with Gasteiger partial charge in [0.2, 0.25) is 0 Å². The molecule has 1 atom stereocenters. The summed E-state index contributed by atoms with van der Waals surface area (Å²) in [5, 5.41) is 19.9. The molecule has 1 amide bonds. The van der Waals surface area contributed by atoms with Gasteiger partial charge in [0.1, 0.15) is 11.8 Å². The van der Waals surface area contributed by atoms with Gasteiger partial charge in [-0.15, -0.1) is 16.4 Å². The van der Waals surface area contributed by atoms with Crippen LogP contribution in [-0.4, -0.2) is 32.2 Å². The van der Waals surface area contributed by atoms with Crippen LogP contribution in [0.25, 0.3) is 21.7 Å². The van der Waals surface area contributed by atoms with E-state index >= 15 is 0 Å². The van der Waals surface area contributed by atoms with Crippen LogP contribution >= 0.6 is 11.3 Å². The van der Waals surface area contributed by atoms with Crippen molar-refractivity contribution in [1.82, 2.24) is 15.0 Å². The highest BCUT2D eigenvalue weighted by molar-refractivity contribution is 7.15. The Hall–Kier alpha value is -3.98. The number of aliphatic carboxylic acids is 1. The smallest absolute Gasteiger partial charge is 0.413 e. The van der Waals surface area contributed by atoms with Gasteiger partial charge < -0.3 is 9.84 Å². The second-order valence-corrected chi connectivity index (χ2v) is 8.58. The van der Waals surface area contributed by atoms with E-state index in [4.69, 9.17) is 9.84 Å². The standard InChI is InChI=1S/C24H22N4O4S/c1-15(16-6-4-3-5-7-16)32-24(31)25-23-22(26-27-28(23)2)18-10-8-17(9-11-18)20-13-12-19(33-20)14-21(29)30/h3-13,15H,14H2,1-2H3,(H,25,31)(H,29,30)/t15-/m1/s1. The summed E-state index contributed by atoms with van der Waals surface area (Å²) in [4.78, 5) is 25.2. The van der Waals surface area contributed by atoms with Gasteiger partial charge in [-0.2, -0.15) is 0 Å². The molecule has 33 heavy (non-hydrogen) atoms. The molecule has 9 heteroatoms. The highest BCUT2D eigenvalue weighted by atomic mass is 32.1. The highest BCUT2D eigenvalue weighted by Crippen LogP contribution is 2.32.